The maximum Gasteiger partial charge on any atom is 0.146 e. The molecule has 2 rings (SSSR count). The quantitative estimate of drug-likeness (QED) is 0.834. The predicted octanol–water partition coefficient (Wildman–Crippen LogP) is 2.67. The summed E-state index contributed by atoms with van der Waals surface area (Å²) in [6.45, 7) is 4.27. The Morgan fingerprint density at radius 3 is 2.18 bits per heavy atom. The van der Waals surface area contributed by atoms with Gasteiger partial charge in [-0.25, -0.2) is 0 Å². The van der Waals surface area contributed by atoms with Gasteiger partial charge in [0.15, 0.2) is 0 Å². The first kappa shape index (κ1) is 17.0. The van der Waals surface area contributed by atoms with Gasteiger partial charge in [0.25, 0.3) is 0 Å². The molecular formula is C17H19BrO4. The second kappa shape index (κ2) is 6.05. The third-order valence-electron chi connectivity index (χ3n) is 4.40. The fraction of sp³-hybridized carbons (Fsp3) is 0.471. The number of aliphatic hydroxyl groups is 1. The summed E-state index contributed by atoms with van der Waals surface area (Å²) in [7, 11) is 0. The number of rotatable bonds is 3. The van der Waals surface area contributed by atoms with Crippen molar-refractivity contribution in [1.29, 1.82) is 0 Å². The minimum absolute atomic E-state index is 0.172. The van der Waals surface area contributed by atoms with Crippen LogP contribution in [0.5, 0.6) is 0 Å². The van der Waals surface area contributed by atoms with Gasteiger partial charge in [0.05, 0.1) is 17.4 Å². The molecule has 0 aromatic heterocycles. The van der Waals surface area contributed by atoms with E-state index in [-0.39, 0.29) is 23.8 Å². The van der Waals surface area contributed by atoms with E-state index >= 15 is 0 Å². The lowest BCUT2D eigenvalue weighted by Gasteiger charge is -2.44. The molecule has 1 saturated carbocycles. The van der Waals surface area contributed by atoms with Gasteiger partial charge >= 0.3 is 0 Å². The van der Waals surface area contributed by atoms with E-state index < -0.39 is 23.4 Å². The van der Waals surface area contributed by atoms with Gasteiger partial charge in [-0.3, -0.25) is 14.4 Å². The summed E-state index contributed by atoms with van der Waals surface area (Å²) >= 11 is 3.34. The van der Waals surface area contributed by atoms with Crippen LogP contribution in [0.15, 0.2) is 28.7 Å². The molecule has 1 aliphatic carbocycles. The van der Waals surface area contributed by atoms with Crippen LogP contribution in [0.1, 0.15) is 38.7 Å². The van der Waals surface area contributed by atoms with Crippen molar-refractivity contribution in [2.45, 2.75) is 38.7 Å². The van der Waals surface area contributed by atoms with Crippen LogP contribution in [0.2, 0.25) is 0 Å². The first-order valence-electron chi connectivity index (χ1n) is 7.16. The van der Waals surface area contributed by atoms with E-state index in [4.69, 9.17) is 0 Å². The lowest BCUT2D eigenvalue weighted by atomic mass is 9.60. The van der Waals surface area contributed by atoms with E-state index in [9.17, 15) is 19.5 Å². The van der Waals surface area contributed by atoms with Gasteiger partial charge in [0.1, 0.15) is 17.3 Å². The van der Waals surface area contributed by atoms with Crippen LogP contribution in [-0.4, -0.2) is 28.1 Å². The molecule has 1 aromatic rings. The monoisotopic (exact) mass is 366 g/mol. The molecule has 0 unspecified atom stereocenters. The van der Waals surface area contributed by atoms with Crippen molar-refractivity contribution in [2.24, 2.45) is 11.8 Å². The van der Waals surface area contributed by atoms with E-state index in [1.165, 1.54) is 20.8 Å². The Morgan fingerprint density at radius 2 is 1.73 bits per heavy atom. The molecule has 0 heterocycles. The second-order valence-corrected chi connectivity index (χ2v) is 7.17. The number of benzene rings is 1. The smallest absolute Gasteiger partial charge is 0.146 e. The van der Waals surface area contributed by atoms with E-state index in [1.54, 1.807) is 24.3 Å². The van der Waals surface area contributed by atoms with E-state index in [1.807, 2.05) is 0 Å². The Labute approximate surface area is 138 Å². The third kappa shape index (κ3) is 3.06. The number of hydrogen-bond donors (Lipinski definition) is 1. The maximum atomic E-state index is 12.4. The zero-order valence-corrected chi connectivity index (χ0v) is 14.4. The largest absolute Gasteiger partial charge is 0.389 e. The molecule has 22 heavy (non-hydrogen) atoms. The van der Waals surface area contributed by atoms with Crippen LogP contribution in [-0.2, 0) is 14.4 Å². The zero-order chi connectivity index (χ0) is 16.7. The molecule has 118 valence electrons. The van der Waals surface area contributed by atoms with E-state index in [0.29, 0.717) is 0 Å². The summed E-state index contributed by atoms with van der Waals surface area (Å²) in [6.07, 6.45) is -0.172. The molecule has 1 aromatic carbocycles. The second-order valence-electron chi connectivity index (χ2n) is 6.25. The maximum absolute atomic E-state index is 12.4. The summed E-state index contributed by atoms with van der Waals surface area (Å²) in [5.41, 5.74) is -0.719. The number of ketones is 3. The molecule has 0 radical (unpaired) electrons. The zero-order valence-electron chi connectivity index (χ0n) is 12.8. The molecule has 0 spiro atoms. The molecule has 1 N–H and O–H groups in total. The SMILES string of the molecule is CC(=O)[C@@H]1C(=O)C[C@](C)(O)[C@H](C(C)=O)[C@@H]1c1ccc(Br)cc1. The number of carbonyl (C=O) groups is 3. The minimum atomic E-state index is -1.44. The molecule has 0 bridgehead atoms. The molecule has 0 aliphatic heterocycles. The van der Waals surface area contributed by atoms with Crippen molar-refractivity contribution >= 4 is 33.3 Å². The lowest BCUT2D eigenvalue weighted by Crippen LogP contribution is -2.53. The van der Waals surface area contributed by atoms with Crippen LogP contribution >= 0.6 is 15.9 Å². The van der Waals surface area contributed by atoms with Gasteiger partial charge in [0.2, 0.25) is 0 Å². The third-order valence-corrected chi connectivity index (χ3v) is 4.93. The van der Waals surface area contributed by atoms with Crippen molar-refractivity contribution in [3.63, 3.8) is 0 Å². The van der Waals surface area contributed by atoms with E-state index in [2.05, 4.69) is 15.9 Å². The van der Waals surface area contributed by atoms with Gasteiger partial charge in [-0.05, 0) is 38.5 Å². The normalized spacial score (nSPS) is 31.9. The Hall–Kier alpha value is -1.33. The summed E-state index contributed by atoms with van der Waals surface area (Å²) in [5, 5.41) is 10.6. The van der Waals surface area contributed by atoms with Crippen molar-refractivity contribution < 1.29 is 19.5 Å². The summed E-state index contributed by atoms with van der Waals surface area (Å²) in [6, 6.07) is 7.18. The van der Waals surface area contributed by atoms with Crippen LogP contribution in [0.3, 0.4) is 0 Å². The van der Waals surface area contributed by atoms with Crippen LogP contribution < -0.4 is 0 Å². The van der Waals surface area contributed by atoms with Crippen molar-refractivity contribution in [1.82, 2.24) is 0 Å². The molecule has 0 saturated heterocycles. The number of halogens is 1. The average Bonchev–Trinajstić information content (AvgIpc) is 2.36. The molecule has 4 nitrogen and oxygen atoms in total. The Morgan fingerprint density at radius 1 is 1.18 bits per heavy atom. The predicted molar refractivity (Wildman–Crippen MR) is 85.5 cm³/mol. The highest BCUT2D eigenvalue weighted by Crippen LogP contribution is 2.46. The molecular weight excluding hydrogens is 348 g/mol. The summed E-state index contributed by atoms with van der Waals surface area (Å²) in [4.78, 5) is 36.5. The highest BCUT2D eigenvalue weighted by atomic mass is 79.9. The highest BCUT2D eigenvalue weighted by molar-refractivity contribution is 9.10. The fourth-order valence-corrected chi connectivity index (χ4v) is 3.86. The Balaban J connectivity index is 2.61. The number of Topliss-reactive ketones (excluding diaryl/α,β-unsaturated/α-hetero) is 3. The molecule has 1 aliphatic rings. The number of carbonyl (C=O) groups excluding carboxylic acids is 3. The van der Waals surface area contributed by atoms with Gasteiger partial charge < -0.3 is 5.11 Å². The van der Waals surface area contributed by atoms with Crippen LogP contribution in [0, 0.1) is 11.8 Å². The van der Waals surface area contributed by atoms with Gasteiger partial charge in [-0.15, -0.1) is 0 Å². The van der Waals surface area contributed by atoms with Crippen LogP contribution in [0.4, 0.5) is 0 Å². The topological polar surface area (TPSA) is 71.4 Å². The summed E-state index contributed by atoms with van der Waals surface area (Å²) in [5.74, 6) is -3.06. The van der Waals surface area contributed by atoms with Gasteiger partial charge in [0, 0.05) is 16.8 Å². The molecule has 0 amide bonds. The standard InChI is InChI=1S/C17H19BrO4/c1-9(19)14-13(21)8-17(3,22)16(10(2)20)15(14)11-4-6-12(18)7-5-11/h4-7,14-16,22H,8H2,1-3H3/t14-,15-,16-,17+/m1/s1. The van der Waals surface area contributed by atoms with Crippen LogP contribution in [0.25, 0.3) is 0 Å². The average molecular weight is 367 g/mol. The fourth-order valence-electron chi connectivity index (χ4n) is 3.59. The first-order chi connectivity index (χ1) is 10.1. The van der Waals surface area contributed by atoms with Crippen molar-refractivity contribution in [2.75, 3.05) is 0 Å². The van der Waals surface area contributed by atoms with Gasteiger partial charge in [-0.2, -0.15) is 0 Å². The lowest BCUT2D eigenvalue weighted by molar-refractivity contribution is -0.151. The molecule has 1 fully saturated rings. The number of hydrogen-bond acceptors (Lipinski definition) is 4. The first-order valence-corrected chi connectivity index (χ1v) is 7.96. The molecule has 5 heteroatoms. The minimum Gasteiger partial charge on any atom is -0.389 e. The van der Waals surface area contributed by atoms with Crippen molar-refractivity contribution in [3.05, 3.63) is 34.3 Å². The Kier molecular flexibility index (Phi) is 4.68. The Bertz CT molecular complexity index is 618. The molecule has 4 atom stereocenters. The highest BCUT2D eigenvalue weighted by Gasteiger charge is 2.53. The van der Waals surface area contributed by atoms with E-state index in [0.717, 1.165) is 10.0 Å². The van der Waals surface area contributed by atoms with Gasteiger partial charge in [-0.1, -0.05) is 28.1 Å². The van der Waals surface area contributed by atoms with Crippen molar-refractivity contribution in [3.8, 4) is 0 Å². The summed E-state index contributed by atoms with van der Waals surface area (Å²) < 4.78 is 0.865.